The number of fused-ring (bicyclic) bond motifs is 9. The summed E-state index contributed by atoms with van der Waals surface area (Å²) in [6, 6.07) is 40.0. The van der Waals surface area contributed by atoms with Gasteiger partial charge >= 0.3 is 0 Å². The van der Waals surface area contributed by atoms with Crippen LogP contribution in [0, 0.1) is 0 Å². The lowest BCUT2D eigenvalue weighted by Crippen LogP contribution is -2.00. The van der Waals surface area contributed by atoms with Crippen LogP contribution >= 0.6 is 0 Å². The molecule has 0 bridgehead atoms. The Morgan fingerprint density at radius 1 is 0.412 bits per heavy atom. The number of hydrogen-bond acceptors (Lipinski definition) is 1. The van der Waals surface area contributed by atoms with Crippen LogP contribution in [0.5, 0.6) is 0 Å². The van der Waals surface area contributed by atoms with Gasteiger partial charge in [0, 0.05) is 55.8 Å². The molecule has 4 heterocycles. The Morgan fingerprint density at radius 2 is 1.00 bits per heavy atom. The van der Waals surface area contributed by atoms with Gasteiger partial charge in [-0.25, -0.2) is 4.98 Å². The third kappa shape index (κ3) is 4.05. The van der Waals surface area contributed by atoms with E-state index in [1.54, 1.807) is 6.20 Å². The fourth-order valence-electron chi connectivity index (χ4n) is 7.79. The fraction of sp³-hybridized carbons (Fsp3) is 0. The molecule has 0 fully saturated rings. The van der Waals surface area contributed by atoms with Crippen molar-refractivity contribution >= 4 is 65.4 Å². The molecule has 0 aliphatic heterocycles. The predicted molar refractivity (Wildman–Crippen MR) is 213 cm³/mol. The quantitative estimate of drug-likeness (QED) is 0.185. The van der Waals surface area contributed by atoms with Gasteiger partial charge in [-0.05, 0) is 48.0 Å². The Bertz CT molecular complexity index is 3530. The van der Waals surface area contributed by atoms with Crippen LogP contribution in [0.3, 0.4) is 0 Å². The van der Waals surface area contributed by atoms with E-state index in [0.29, 0.717) is 0 Å². The number of para-hydroxylation sites is 5. The molecule has 11 aromatic rings. The minimum Gasteiger partial charge on any atom is -0.309 e. The summed E-state index contributed by atoms with van der Waals surface area (Å²) < 4.78 is 75.9. The van der Waals surface area contributed by atoms with Crippen molar-refractivity contribution in [3.05, 3.63) is 182 Å². The molecular weight excluding hydrogens is 621 g/mol. The van der Waals surface area contributed by atoms with Gasteiger partial charge < -0.3 is 9.13 Å². The van der Waals surface area contributed by atoms with Crippen LogP contribution in [0.25, 0.3) is 93.7 Å². The van der Waals surface area contributed by atoms with Crippen molar-refractivity contribution in [3.8, 4) is 28.3 Å². The molecule has 0 atom stereocenters. The summed E-state index contributed by atoms with van der Waals surface area (Å²) in [5.74, 6) is 0.239. The molecule has 238 valence electrons. The molecule has 0 N–H and O–H groups in total. The average Bonchev–Trinajstić information content (AvgIpc) is 3.92. The standard InChI is InChI=1S/C47H30N4/c1-2-14-31(15-3-1)33-16-4-9-21-40(33)50-42-23-11-5-19-36(42)38-27-26-32(28-45(38)50)49-41-22-10-8-20-37(41)39-30-48-47(29-46(39)49)51-43-24-12-6-17-34(43)35-18-7-13-25-44(35)51/h1-30H/i6D,7D,12D,13D,17D,18D,24D,25D. The second kappa shape index (κ2) is 10.8. The Kier molecular flexibility index (Phi) is 4.49. The van der Waals surface area contributed by atoms with Gasteiger partial charge in [0.25, 0.3) is 0 Å². The van der Waals surface area contributed by atoms with Gasteiger partial charge in [-0.1, -0.05) is 127 Å². The molecule has 7 aromatic carbocycles. The van der Waals surface area contributed by atoms with Gasteiger partial charge in [-0.15, -0.1) is 0 Å². The van der Waals surface area contributed by atoms with Gasteiger partial charge in [0.2, 0.25) is 0 Å². The van der Waals surface area contributed by atoms with E-state index in [0.717, 1.165) is 66.1 Å². The van der Waals surface area contributed by atoms with Crippen molar-refractivity contribution in [2.75, 3.05) is 0 Å². The smallest absolute Gasteiger partial charge is 0.139 e. The normalized spacial score (nSPS) is 14.1. The monoisotopic (exact) mass is 658 g/mol. The number of benzene rings is 7. The molecule has 0 saturated heterocycles. The van der Waals surface area contributed by atoms with Crippen LogP contribution in [0.4, 0.5) is 0 Å². The highest BCUT2D eigenvalue weighted by Crippen LogP contribution is 2.40. The van der Waals surface area contributed by atoms with Crippen LogP contribution in [0.1, 0.15) is 11.0 Å². The third-order valence-corrected chi connectivity index (χ3v) is 9.95. The van der Waals surface area contributed by atoms with Crippen LogP contribution < -0.4 is 0 Å². The Hall–Kier alpha value is -6.91. The highest BCUT2D eigenvalue weighted by molar-refractivity contribution is 6.13. The number of aromatic nitrogens is 4. The first-order valence-corrected chi connectivity index (χ1v) is 16.7. The molecule has 11 rings (SSSR count). The largest absolute Gasteiger partial charge is 0.309 e. The molecule has 4 heteroatoms. The Morgan fingerprint density at radius 3 is 1.76 bits per heavy atom. The van der Waals surface area contributed by atoms with E-state index in [1.165, 1.54) is 4.57 Å². The summed E-state index contributed by atoms with van der Waals surface area (Å²) in [5, 5.41) is 4.01. The van der Waals surface area contributed by atoms with E-state index in [1.807, 2.05) is 48.5 Å². The SMILES string of the molecule is [2H]c1c([2H])c([2H])c2c(c1[2H])c1c([2H])c([2H])c([2H])c([2H])c1n2-c1cc2c(cn1)c1ccccc1n2-c1ccc2c3ccccc3n(-c3ccccc3-c3ccccc3)c2c1. The predicted octanol–water partition coefficient (Wildman–Crippen LogP) is 12.0. The van der Waals surface area contributed by atoms with E-state index < -0.39 is 24.2 Å². The molecule has 51 heavy (non-hydrogen) atoms. The van der Waals surface area contributed by atoms with Crippen LogP contribution in [-0.2, 0) is 0 Å². The number of nitrogens with zero attached hydrogens (tertiary/aromatic N) is 4. The Labute approximate surface area is 304 Å². The summed E-state index contributed by atoms with van der Waals surface area (Å²) in [6.07, 6.45) is 1.73. The van der Waals surface area contributed by atoms with E-state index in [4.69, 9.17) is 16.0 Å². The Balaban J connectivity index is 1.24. The zero-order valence-electron chi connectivity index (χ0n) is 35.0. The molecule has 0 aliphatic carbocycles. The first kappa shape index (κ1) is 21.2. The summed E-state index contributed by atoms with van der Waals surface area (Å²) >= 11 is 0. The maximum atomic E-state index is 9.04. The summed E-state index contributed by atoms with van der Waals surface area (Å²) in [7, 11) is 0. The van der Waals surface area contributed by atoms with Gasteiger partial charge in [-0.2, -0.15) is 0 Å². The highest BCUT2D eigenvalue weighted by atomic mass is 15.1. The van der Waals surface area contributed by atoms with E-state index in [-0.39, 0.29) is 51.8 Å². The molecule has 0 radical (unpaired) electrons. The lowest BCUT2D eigenvalue weighted by molar-refractivity contribution is 1.08. The minimum absolute atomic E-state index is 0.00880. The van der Waals surface area contributed by atoms with Crippen LogP contribution in [0.2, 0.25) is 0 Å². The maximum Gasteiger partial charge on any atom is 0.139 e. The average molecular weight is 659 g/mol. The topological polar surface area (TPSA) is 27.7 Å². The zero-order valence-corrected chi connectivity index (χ0v) is 27.0. The van der Waals surface area contributed by atoms with Crippen molar-refractivity contribution in [1.29, 1.82) is 0 Å². The van der Waals surface area contributed by atoms with Crippen LogP contribution in [0.15, 0.2) is 182 Å². The summed E-state index contributed by atoms with van der Waals surface area (Å²) in [5.41, 5.74) is 7.89. The molecule has 0 amide bonds. The summed E-state index contributed by atoms with van der Waals surface area (Å²) in [4.78, 5) is 4.86. The van der Waals surface area contributed by atoms with Crippen molar-refractivity contribution in [1.82, 2.24) is 18.7 Å². The highest BCUT2D eigenvalue weighted by Gasteiger charge is 2.20. The van der Waals surface area contributed by atoms with Gasteiger partial charge in [-0.3, -0.25) is 4.57 Å². The molecule has 4 aromatic heterocycles. The van der Waals surface area contributed by atoms with E-state index >= 15 is 0 Å². The zero-order chi connectivity index (χ0) is 40.4. The molecule has 0 saturated carbocycles. The van der Waals surface area contributed by atoms with Crippen molar-refractivity contribution in [2.24, 2.45) is 0 Å². The second-order valence-corrected chi connectivity index (χ2v) is 12.6. The lowest BCUT2D eigenvalue weighted by Gasteiger charge is -2.15. The van der Waals surface area contributed by atoms with Crippen molar-refractivity contribution in [2.45, 2.75) is 0 Å². The number of hydrogen-bond donors (Lipinski definition) is 0. The molecule has 0 unspecified atom stereocenters. The fourth-order valence-corrected chi connectivity index (χ4v) is 7.79. The van der Waals surface area contributed by atoms with E-state index in [9.17, 15) is 0 Å². The van der Waals surface area contributed by atoms with Crippen molar-refractivity contribution < 1.29 is 11.0 Å². The summed E-state index contributed by atoms with van der Waals surface area (Å²) in [6.45, 7) is 0. The second-order valence-electron chi connectivity index (χ2n) is 12.6. The van der Waals surface area contributed by atoms with Gasteiger partial charge in [0.1, 0.15) is 5.82 Å². The van der Waals surface area contributed by atoms with Gasteiger partial charge in [0.15, 0.2) is 0 Å². The third-order valence-electron chi connectivity index (χ3n) is 9.95. The molecule has 4 nitrogen and oxygen atoms in total. The van der Waals surface area contributed by atoms with E-state index in [2.05, 4.69) is 88.0 Å². The molecule has 0 spiro atoms. The van der Waals surface area contributed by atoms with Crippen molar-refractivity contribution in [3.63, 3.8) is 0 Å². The number of rotatable bonds is 4. The maximum absolute atomic E-state index is 9.04. The first-order valence-electron chi connectivity index (χ1n) is 20.7. The minimum atomic E-state index is -0.489. The van der Waals surface area contributed by atoms with Gasteiger partial charge in [0.05, 0.1) is 49.8 Å². The first-order chi connectivity index (χ1) is 28.7. The number of pyridine rings is 1. The molecule has 0 aliphatic rings. The molecular formula is C47H30N4. The lowest BCUT2D eigenvalue weighted by atomic mass is 10.0. The van der Waals surface area contributed by atoms with Crippen LogP contribution in [-0.4, -0.2) is 18.7 Å².